The maximum absolute atomic E-state index is 13.1. The summed E-state index contributed by atoms with van der Waals surface area (Å²) in [5.41, 5.74) is 2.69. The molecule has 1 aromatic carbocycles. The average molecular weight is 456 g/mol. The molecular weight excluding hydrogens is 426 g/mol. The number of hydrogen-bond donors (Lipinski definition) is 1. The molecule has 0 radical (unpaired) electrons. The van der Waals surface area contributed by atoms with Crippen LogP contribution < -0.4 is 4.74 Å². The van der Waals surface area contributed by atoms with Crippen molar-refractivity contribution in [3.63, 3.8) is 0 Å². The highest BCUT2D eigenvalue weighted by atomic mass is 32.1. The van der Waals surface area contributed by atoms with E-state index in [1.165, 1.54) is 11.3 Å². The fourth-order valence-electron chi connectivity index (χ4n) is 4.26. The molecular formula is C25H29NO5S. The van der Waals surface area contributed by atoms with Crippen LogP contribution in [0.2, 0.25) is 0 Å². The Kier molecular flexibility index (Phi) is 6.67. The van der Waals surface area contributed by atoms with E-state index in [9.17, 15) is 14.7 Å². The standard InChI is InChI=1S/C25H29NO5S/c1-15(2)30-12-5-10-26-21(24-16(3)9-13-32-24)20(23(28)25(26)29)22(27)18-7-8-19-17(14-18)6-4-11-31-19/h7-9,13-15,21,27H,4-6,10-12H2,1-3H3/b22-20-. The minimum atomic E-state index is -0.640. The normalized spacial score (nSPS) is 20.0. The number of aryl methyl sites for hydroxylation is 2. The van der Waals surface area contributed by atoms with Crippen LogP contribution in [0.5, 0.6) is 5.75 Å². The van der Waals surface area contributed by atoms with Crippen molar-refractivity contribution in [2.24, 2.45) is 0 Å². The van der Waals surface area contributed by atoms with Gasteiger partial charge in [0.2, 0.25) is 0 Å². The van der Waals surface area contributed by atoms with Crippen molar-refractivity contribution < 1.29 is 24.2 Å². The van der Waals surface area contributed by atoms with E-state index < -0.39 is 17.7 Å². The number of rotatable bonds is 7. The SMILES string of the molecule is Cc1ccsc1C1/C(=C(/O)c2ccc3c(c2)CCCO3)C(=O)C(=O)N1CCCOC(C)C. The molecule has 3 heterocycles. The molecule has 1 atom stereocenters. The Hall–Kier alpha value is -2.64. The fraction of sp³-hybridized carbons (Fsp3) is 0.440. The van der Waals surface area contributed by atoms with E-state index in [1.54, 1.807) is 11.0 Å². The second kappa shape index (κ2) is 9.46. The number of hydrogen-bond acceptors (Lipinski definition) is 6. The largest absolute Gasteiger partial charge is 0.507 e. The van der Waals surface area contributed by atoms with Crippen LogP contribution in [0.15, 0.2) is 35.2 Å². The van der Waals surface area contributed by atoms with E-state index in [4.69, 9.17) is 9.47 Å². The Bertz CT molecular complexity index is 1050. The number of ether oxygens (including phenoxy) is 2. The summed E-state index contributed by atoms with van der Waals surface area (Å²) in [4.78, 5) is 28.6. The molecule has 2 aromatic rings. The zero-order valence-corrected chi connectivity index (χ0v) is 19.5. The number of carbonyl (C=O) groups is 2. The third kappa shape index (κ3) is 4.32. The van der Waals surface area contributed by atoms with E-state index in [-0.39, 0.29) is 17.4 Å². The molecule has 1 fully saturated rings. The highest BCUT2D eigenvalue weighted by molar-refractivity contribution is 7.10. The summed E-state index contributed by atoms with van der Waals surface area (Å²) < 4.78 is 11.3. The van der Waals surface area contributed by atoms with Crippen molar-refractivity contribution in [3.05, 3.63) is 56.8 Å². The summed E-state index contributed by atoms with van der Waals surface area (Å²) in [7, 11) is 0. The molecule has 7 heteroatoms. The first-order chi connectivity index (χ1) is 15.4. The Morgan fingerprint density at radius 1 is 1.31 bits per heavy atom. The Balaban J connectivity index is 1.72. The molecule has 0 spiro atoms. The van der Waals surface area contributed by atoms with Crippen LogP contribution in [-0.4, -0.2) is 47.6 Å². The van der Waals surface area contributed by atoms with Gasteiger partial charge in [-0.15, -0.1) is 11.3 Å². The van der Waals surface area contributed by atoms with Crippen LogP contribution >= 0.6 is 11.3 Å². The Morgan fingerprint density at radius 3 is 2.84 bits per heavy atom. The highest BCUT2D eigenvalue weighted by Gasteiger charge is 2.46. The van der Waals surface area contributed by atoms with Gasteiger partial charge in [0.15, 0.2) is 0 Å². The fourth-order valence-corrected chi connectivity index (χ4v) is 5.31. The molecule has 1 saturated heterocycles. The second-order valence-electron chi connectivity index (χ2n) is 8.51. The molecule has 1 aromatic heterocycles. The molecule has 1 amide bonds. The topological polar surface area (TPSA) is 76.1 Å². The number of nitrogens with zero attached hydrogens (tertiary/aromatic N) is 1. The van der Waals surface area contributed by atoms with E-state index in [0.29, 0.717) is 31.7 Å². The van der Waals surface area contributed by atoms with Crippen LogP contribution in [0.25, 0.3) is 5.76 Å². The zero-order valence-electron chi connectivity index (χ0n) is 18.7. The third-order valence-electron chi connectivity index (χ3n) is 5.87. The van der Waals surface area contributed by atoms with Gasteiger partial charge in [0.25, 0.3) is 11.7 Å². The van der Waals surface area contributed by atoms with Gasteiger partial charge in [-0.2, -0.15) is 0 Å². The first-order valence-corrected chi connectivity index (χ1v) is 12.0. The molecule has 6 nitrogen and oxygen atoms in total. The van der Waals surface area contributed by atoms with Crippen LogP contribution in [0.3, 0.4) is 0 Å². The average Bonchev–Trinajstić information content (AvgIpc) is 3.31. The number of fused-ring (bicyclic) bond motifs is 1. The maximum atomic E-state index is 13.1. The molecule has 2 aliphatic heterocycles. The van der Waals surface area contributed by atoms with Crippen LogP contribution in [0.4, 0.5) is 0 Å². The summed E-state index contributed by atoms with van der Waals surface area (Å²) in [6, 6.07) is 6.82. The molecule has 1 N–H and O–H groups in total. The van der Waals surface area contributed by atoms with Gasteiger partial charge in [0.05, 0.1) is 24.3 Å². The highest BCUT2D eigenvalue weighted by Crippen LogP contribution is 2.43. The minimum Gasteiger partial charge on any atom is -0.507 e. The summed E-state index contributed by atoms with van der Waals surface area (Å²) in [6.07, 6.45) is 2.49. The number of Topliss-reactive ketones (excluding diaryl/α,β-unsaturated/α-hetero) is 1. The summed E-state index contributed by atoms with van der Waals surface area (Å²) >= 11 is 1.50. The van der Waals surface area contributed by atoms with Crippen molar-refractivity contribution in [3.8, 4) is 5.75 Å². The van der Waals surface area contributed by atoms with Crippen LogP contribution in [-0.2, 0) is 20.7 Å². The van der Waals surface area contributed by atoms with Crippen molar-refractivity contribution in [1.82, 2.24) is 4.90 Å². The lowest BCUT2D eigenvalue weighted by atomic mass is 9.96. The molecule has 170 valence electrons. The number of carbonyl (C=O) groups excluding carboxylic acids is 2. The van der Waals surface area contributed by atoms with Crippen molar-refractivity contribution >= 4 is 28.8 Å². The first-order valence-electron chi connectivity index (χ1n) is 11.1. The van der Waals surface area contributed by atoms with Gasteiger partial charge >= 0.3 is 0 Å². The lowest BCUT2D eigenvalue weighted by molar-refractivity contribution is -0.140. The van der Waals surface area contributed by atoms with Gasteiger partial charge in [-0.25, -0.2) is 0 Å². The van der Waals surface area contributed by atoms with Crippen molar-refractivity contribution in [2.45, 2.75) is 52.2 Å². The van der Waals surface area contributed by atoms with Crippen LogP contribution in [0, 0.1) is 6.92 Å². The molecule has 1 unspecified atom stereocenters. The lowest BCUT2D eigenvalue weighted by Gasteiger charge is -2.25. The number of aliphatic hydroxyl groups is 1. The van der Waals surface area contributed by atoms with E-state index in [1.807, 2.05) is 44.4 Å². The maximum Gasteiger partial charge on any atom is 0.295 e. The summed E-state index contributed by atoms with van der Waals surface area (Å²) in [5.74, 6) is -0.534. The minimum absolute atomic E-state index is 0.105. The number of thiophene rings is 1. The Labute approximate surface area is 192 Å². The van der Waals surface area contributed by atoms with E-state index >= 15 is 0 Å². The van der Waals surface area contributed by atoms with Gasteiger partial charge in [0.1, 0.15) is 11.5 Å². The number of amides is 1. The van der Waals surface area contributed by atoms with Gasteiger partial charge in [-0.1, -0.05) is 0 Å². The van der Waals surface area contributed by atoms with Crippen LogP contribution in [0.1, 0.15) is 54.3 Å². The monoisotopic (exact) mass is 455 g/mol. The second-order valence-corrected chi connectivity index (χ2v) is 9.46. The van der Waals surface area contributed by atoms with Gasteiger partial charge in [-0.05, 0) is 80.8 Å². The number of ketones is 1. The van der Waals surface area contributed by atoms with E-state index in [0.717, 1.165) is 34.6 Å². The summed E-state index contributed by atoms with van der Waals surface area (Å²) in [6.45, 7) is 7.46. The number of benzene rings is 1. The van der Waals surface area contributed by atoms with Crippen molar-refractivity contribution in [2.75, 3.05) is 19.8 Å². The third-order valence-corrected chi connectivity index (χ3v) is 6.94. The number of likely N-dealkylation sites (tertiary alicyclic amines) is 1. The molecule has 2 aliphatic rings. The molecule has 32 heavy (non-hydrogen) atoms. The zero-order chi connectivity index (χ0) is 22.8. The first kappa shape index (κ1) is 22.6. The number of aliphatic hydroxyl groups excluding tert-OH is 1. The smallest absolute Gasteiger partial charge is 0.295 e. The molecule has 4 rings (SSSR count). The lowest BCUT2D eigenvalue weighted by Crippen LogP contribution is -2.31. The van der Waals surface area contributed by atoms with Crippen molar-refractivity contribution in [1.29, 1.82) is 0 Å². The quantitative estimate of drug-likeness (QED) is 0.285. The van der Waals surface area contributed by atoms with E-state index in [2.05, 4.69) is 0 Å². The summed E-state index contributed by atoms with van der Waals surface area (Å²) in [5, 5.41) is 13.2. The molecule has 0 saturated carbocycles. The molecule has 0 aliphatic carbocycles. The predicted octanol–water partition coefficient (Wildman–Crippen LogP) is 4.62. The van der Waals surface area contributed by atoms with Gasteiger partial charge < -0.3 is 19.5 Å². The van der Waals surface area contributed by atoms with Gasteiger partial charge in [-0.3, -0.25) is 9.59 Å². The Morgan fingerprint density at radius 2 is 2.12 bits per heavy atom. The molecule has 0 bridgehead atoms. The van der Waals surface area contributed by atoms with Gasteiger partial charge in [0, 0.05) is 23.6 Å². The predicted molar refractivity (Wildman–Crippen MR) is 124 cm³/mol.